The number of hydrogen-bond acceptors (Lipinski definition) is 5. The van der Waals surface area contributed by atoms with Crippen molar-refractivity contribution in [1.82, 2.24) is 14.9 Å². The molecule has 168 valence electrons. The van der Waals surface area contributed by atoms with Crippen molar-refractivity contribution in [2.45, 2.75) is 31.6 Å². The Morgan fingerprint density at radius 2 is 1.87 bits per heavy atom. The molecule has 1 heterocycles. The van der Waals surface area contributed by atoms with E-state index in [1.165, 1.54) is 12.0 Å². The van der Waals surface area contributed by atoms with Crippen LogP contribution in [-0.2, 0) is 10.0 Å². The predicted octanol–water partition coefficient (Wildman–Crippen LogP) is 1.79. The Bertz CT molecular complexity index is 817. The Balaban J connectivity index is 1.50. The van der Waals surface area contributed by atoms with E-state index < -0.39 is 10.0 Å². The highest BCUT2D eigenvalue weighted by Gasteiger charge is 2.27. The first-order valence-electron chi connectivity index (χ1n) is 10.6. The summed E-state index contributed by atoms with van der Waals surface area (Å²) in [6.45, 7) is 2.56. The molecule has 1 saturated carbocycles. The Labute approximate surface area is 180 Å². The average Bonchev–Trinajstić information content (AvgIpc) is 3.19. The highest BCUT2D eigenvalue weighted by atomic mass is 32.2. The van der Waals surface area contributed by atoms with Crippen molar-refractivity contribution in [3.05, 3.63) is 23.8 Å². The minimum atomic E-state index is -3.26. The Morgan fingerprint density at radius 3 is 2.43 bits per heavy atom. The van der Waals surface area contributed by atoms with Crippen LogP contribution in [-0.4, -0.2) is 72.5 Å². The summed E-state index contributed by atoms with van der Waals surface area (Å²) in [7, 11) is 1.77. The van der Waals surface area contributed by atoms with Crippen LogP contribution in [0.5, 0.6) is 11.5 Å². The summed E-state index contributed by atoms with van der Waals surface area (Å²) >= 11 is 0. The largest absolute Gasteiger partial charge is 0.497 e. The number of nitrogens with zero attached hydrogens (tertiary/aromatic N) is 2. The minimum Gasteiger partial charge on any atom is -0.497 e. The van der Waals surface area contributed by atoms with Crippen molar-refractivity contribution in [3.8, 4) is 11.5 Å². The molecule has 0 spiro atoms. The molecular weight excluding hydrogens is 404 g/mol. The Kier molecular flexibility index (Phi) is 7.82. The molecule has 0 aromatic heterocycles. The van der Waals surface area contributed by atoms with Gasteiger partial charge in [0, 0.05) is 45.2 Å². The monoisotopic (exact) mass is 438 g/mol. The number of sulfonamides is 1. The molecule has 2 N–H and O–H groups in total. The fraction of sp³-hybridized carbons (Fsp3) is 0.667. The molecule has 1 aliphatic heterocycles. The van der Waals surface area contributed by atoms with Gasteiger partial charge in [0.25, 0.3) is 0 Å². The van der Waals surface area contributed by atoms with Crippen LogP contribution in [0.15, 0.2) is 23.2 Å². The van der Waals surface area contributed by atoms with Crippen LogP contribution in [0.25, 0.3) is 0 Å². The zero-order valence-electron chi connectivity index (χ0n) is 18.2. The molecule has 1 unspecified atom stereocenters. The van der Waals surface area contributed by atoms with Crippen molar-refractivity contribution in [2.75, 3.05) is 53.2 Å². The fourth-order valence-corrected chi connectivity index (χ4v) is 4.94. The number of nitrogens with one attached hydrogen (secondary N) is 2. The molecule has 1 aromatic rings. The second-order valence-electron chi connectivity index (χ2n) is 8.02. The number of hydrogen-bond donors (Lipinski definition) is 2. The van der Waals surface area contributed by atoms with Gasteiger partial charge in [-0.25, -0.2) is 13.1 Å². The number of benzene rings is 1. The first-order chi connectivity index (χ1) is 14.4. The maximum absolute atomic E-state index is 12.2. The lowest BCUT2D eigenvalue weighted by atomic mass is 9.86. The zero-order valence-corrected chi connectivity index (χ0v) is 19.0. The van der Waals surface area contributed by atoms with Gasteiger partial charge in [0.05, 0.1) is 20.0 Å². The number of ether oxygens (including phenoxy) is 2. The summed E-state index contributed by atoms with van der Waals surface area (Å²) < 4.78 is 37.9. The van der Waals surface area contributed by atoms with E-state index in [0.717, 1.165) is 49.8 Å². The predicted molar refractivity (Wildman–Crippen MR) is 119 cm³/mol. The van der Waals surface area contributed by atoms with Gasteiger partial charge >= 0.3 is 0 Å². The van der Waals surface area contributed by atoms with Crippen LogP contribution < -0.4 is 19.5 Å². The lowest BCUT2D eigenvalue weighted by molar-refractivity contribution is 0.316. The molecule has 2 aliphatic rings. The van der Waals surface area contributed by atoms with Gasteiger partial charge < -0.3 is 19.7 Å². The van der Waals surface area contributed by atoms with Crippen molar-refractivity contribution >= 4 is 16.0 Å². The molecule has 3 rings (SSSR count). The van der Waals surface area contributed by atoms with Gasteiger partial charge in [-0.2, -0.15) is 0 Å². The fourth-order valence-electron chi connectivity index (χ4n) is 3.93. The highest BCUT2D eigenvalue weighted by Crippen LogP contribution is 2.32. The van der Waals surface area contributed by atoms with Crippen LogP contribution in [0.1, 0.15) is 37.2 Å². The van der Waals surface area contributed by atoms with Gasteiger partial charge in [0.1, 0.15) is 11.5 Å². The molecule has 0 amide bonds. The first kappa shape index (κ1) is 22.7. The second kappa shape index (κ2) is 10.3. The van der Waals surface area contributed by atoms with Crippen LogP contribution >= 0.6 is 0 Å². The second-order valence-corrected chi connectivity index (χ2v) is 9.94. The lowest BCUT2D eigenvalue weighted by Gasteiger charge is -2.25. The highest BCUT2D eigenvalue weighted by molar-refractivity contribution is 7.89. The Morgan fingerprint density at radius 1 is 1.17 bits per heavy atom. The van der Waals surface area contributed by atoms with Crippen molar-refractivity contribution in [1.29, 1.82) is 0 Å². The molecule has 1 saturated heterocycles. The smallest absolute Gasteiger partial charge is 0.213 e. The van der Waals surface area contributed by atoms with Crippen molar-refractivity contribution in [2.24, 2.45) is 10.9 Å². The standard InChI is InChI=1S/C21H34N4O4S/c1-22-21(23-8-10-30(26,27)24-14-16-5-4-6-16)25-9-7-17(15-25)18-11-19(28-2)13-20(12-18)29-3/h11-13,16-17,24H,4-10,14-15H2,1-3H3,(H,22,23). The average molecular weight is 439 g/mol. The molecule has 1 aliphatic carbocycles. The van der Waals surface area contributed by atoms with Gasteiger partial charge in [-0.15, -0.1) is 0 Å². The summed E-state index contributed by atoms with van der Waals surface area (Å²) in [5.41, 5.74) is 1.17. The van der Waals surface area contributed by atoms with Gasteiger partial charge in [0.2, 0.25) is 10.0 Å². The maximum atomic E-state index is 12.2. The summed E-state index contributed by atoms with van der Waals surface area (Å²) in [5.74, 6) is 3.19. The van der Waals surface area contributed by atoms with E-state index in [1.807, 2.05) is 18.2 Å². The van der Waals surface area contributed by atoms with Gasteiger partial charge in [-0.05, 0) is 42.9 Å². The first-order valence-corrected chi connectivity index (χ1v) is 12.2. The van der Waals surface area contributed by atoms with Gasteiger partial charge in [0.15, 0.2) is 5.96 Å². The van der Waals surface area contributed by atoms with E-state index >= 15 is 0 Å². The number of aliphatic imine (C=N–C) groups is 1. The third-order valence-corrected chi connectivity index (χ3v) is 7.36. The summed E-state index contributed by atoms with van der Waals surface area (Å²) in [5, 5.41) is 3.21. The van der Waals surface area contributed by atoms with E-state index in [4.69, 9.17) is 9.47 Å². The molecule has 1 atom stereocenters. The molecule has 8 nitrogen and oxygen atoms in total. The summed E-state index contributed by atoms with van der Waals surface area (Å²) in [4.78, 5) is 6.52. The number of rotatable bonds is 9. The third-order valence-electron chi connectivity index (χ3n) is 6.02. The molecule has 1 aromatic carbocycles. The number of likely N-dealkylation sites (tertiary alicyclic amines) is 1. The SMILES string of the molecule is CN=C(NCCS(=O)(=O)NCC1CCC1)N1CCC(c2cc(OC)cc(OC)c2)C1. The number of guanidine groups is 1. The molecule has 9 heteroatoms. The Hall–Kier alpha value is -2.00. The minimum absolute atomic E-state index is 0.0447. The molecule has 30 heavy (non-hydrogen) atoms. The quantitative estimate of drug-likeness (QED) is 0.451. The molecular formula is C21H34N4O4S. The topological polar surface area (TPSA) is 92.3 Å². The van der Waals surface area contributed by atoms with Crippen LogP contribution in [0.4, 0.5) is 0 Å². The van der Waals surface area contributed by atoms with Gasteiger partial charge in [-0.3, -0.25) is 4.99 Å². The van der Waals surface area contributed by atoms with Crippen LogP contribution in [0, 0.1) is 5.92 Å². The van der Waals surface area contributed by atoms with E-state index in [0.29, 0.717) is 24.9 Å². The van der Waals surface area contributed by atoms with Crippen molar-refractivity contribution < 1.29 is 17.9 Å². The van der Waals surface area contributed by atoms with Crippen molar-refractivity contribution in [3.63, 3.8) is 0 Å². The van der Waals surface area contributed by atoms with E-state index in [-0.39, 0.29) is 5.75 Å². The molecule has 0 bridgehead atoms. The van der Waals surface area contributed by atoms with E-state index in [2.05, 4.69) is 19.9 Å². The normalized spacial score (nSPS) is 20.2. The summed E-state index contributed by atoms with van der Waals surface area (Å²) in [6, 6.07) is 5.97. The maximum Gasteiger partial charge on any atom is 0.213 e. The lowest BCUT2D eigenvalue weighted by Crippen LogP contribution is -2.43. The molecule has 0 radical (unpaired) electrons. The van der Waals surface area contributed by atoms with E-state index in [9.17, 15) is 8.42 Å². The zero-order chi connectivity index (χ0) is 21.6. The summed E-state index contributed by atoms with van der Waals surface area (Å²) in [6.07, 6.45) is 4.45. The molecule has 2 fully saturated rings. The van der Waals surface area contributed by atoms with Crippen LogP contribution in [0.2, 0.25) is 0 Å². The van der Waals surface area contributed by atoms with Crippen LogP contribution in [0.3, 0.4) is 0 Å². The number of methoxy groups -OCH3 is 2. The van der Waals surface area contributed by atoms with Gasteiger partial charge in [-0.1, -0.05) is 6.42 Å². The van der Waals surface area contributed by atoms with E-state index in [1.54, 1.807) is 21.3 Å². The third kappa shape index (κ3) is 6.01.